The molecule has 64 valence electrons. The van der Waals surface area contributed by atoms with Gasteiger partial charge in [-0.25, -0.2) is 9.97 Å². The monoisotopic (exact) mass is 227 g/mol. The molecule has 1 aromatic rings. The summed E-state index contributed by atoms with van der Waals surface area (Å²) in [7, 11) is 0. The van der Waals surface area contributed by atoms with Crippen LogP contribution in [0.4, 0.5) is 5.82 Å². The lowest BCUT2D eigenvalue weighted by atomic mass is 10.5. The van der Waals surface area contributed by atoms with Crippen LogP contribution >= 0.6 is 15.9 Å². The summed E-state index contributed by atoms with van der Waals surface area (Å²) in [5.41, 5.74) is 0. The fourth-order valence-corrected chi connectivity index (χ4v) is 1.52. The topological polar surface area (TPSA) is 37.8 Å². The minimum atomic E-state index is 0.645. The smallest absolute Gasteiger partial charge is 0.131 e. The van der Waals surface area contributed by atoms with Crippen LogP contribution in [-0.2, 0) is 0 Å². The Hall–Kier alpha value is -0.640. The summed E-state index contributed by atoms with van der Waals surface area (Å²) in [6.07, 6.45) is 2.53. The SMILES string of the molecule is Cc1nc(Br)cc(NC2CC2)n1. The molecule has 0 saturated heterocycles. The molecule has 0 amide bonds. The number of aromatic nitrogens is 2. The maximum atomic E-state index is 4.26. The Bertz CT molecular complexity index is 276. The molecule has 0 aliphatic heterocycles. The Balaban J connectivity index is 2.18. The maximum Gasteiger partial charge on any atom is 0.131 e. The van der Waals surface area contributed by atoms with Crippen molar-refractivity contribution in [2.75, 3.05) is 5.32 Å². The Kier molecular flexibility index (Phi) is 2.00. The van der Waals surface area contributed by atoms with Gasteiger partial charge in [0.2, 0.25) is 0 Å². The molecule has 1 aliphatic carbocycles. The van der Waals surface area contributed by atoms with E-state index in [1.807, 2.05) is 13.0 Å². The number of aryl methyl sites for hydroxylation is 1. The largest absolute Gasteiger partial charge is 0.367 e. The lowest BCUT2D eigenvalue weighted by Crippen LogP contribution is -2.04. The molecule has 0 spiro atoms. The van der Waals surface area contributed by atoms with Crippen LogP contribution in [0.1, 0.15) is 18.7 Å². The number of rotatable bonds is 2. The van der Waals surface area contributed by atoms with E-state index in [1.54, 1.807) is 0 Å². The molecule has 0 atom stereocenters. The molecule has 1 aromatic heterocycles. The molecule has 3 nitrogen and oxygen atoms in total. The number of nitrogens with zero attached hydrogens (tertiary/aromatic N) is 2. The molecule has 1 fully saturated rings. The first-order chi connectivity index (χ1) is 5.74. The average molecular weight is 228 g/mol. The van der Waals surface area contributed by atoms with Gasteiger partial charge in [0.25, 0.3) is 0 Å². The lowest BCUT2D eigenvalue weighted by molar-refractivity contribution is 1.01. The summed E-state index contributed by atoms with van der Waals surface area (Å²) in [6.45, 7) is 1.89. The zero-order chi connectivity index (χ0) is 8.55. The molecule has 1 heterocycles. The fraction of sp³-hybridized carbons (Fsp3) is 0.500. The average Bonchev–Trinajstić information content (AvgIpc) is 2.68. The third kappa shape index (κ3) is 1.94. The summed E-state index contributed by atoms with van der Waals surface area (Å²) >= 11 is 3.33. The Labute approximate surface area is 79.7 Å². The van der Waals surface area contributed by atoms with E-state index >= 15 is 0 Å². The van der Waals surface area contributed by atoms with E-state index in [2.05, 4.69) is 31.2 Å². The summed E-state index contributed by atoms with van der Waals surface area (Å²) in [5.74, 6) is 1.73. The van der Waals surface area contributed by atoms with E-state index < -0.39 is 0 Å². The molecule has 1 N–H and O–H groups in total. The van der Waals surface area contributed by atoms with Crippen molar-refractivity contribution in [2.24, 2.45) is 0 Å². The van der Waals surface area contributed by atoms with Crippen molar-refractivity contribution in [3.63, 3.8) is 0 Å². The normalized spacial score (nSPS) is 16.2. The first kappa shape index (κ1) is 7.98. The van der Waals surface area contributed by atoms with E-state index in [4.69, 9.17) is 0 Å². The Morgan fingerprint density at radius 1 is 1.50 bits per heavy atom. The zero-order valence-electron chi connectivity index (χ0n) is 6.84. The Morgan fingerprint density at radius 2 is 2.25 bits per heavy atom. The quantitative estimate of drug-likeness (QED) is 0.788. The number of anilines is 1. The van der Waals surface area contributed by atoms with Gasteiger partial charge in [-0.3, -0.25) is 0 Å². The summed E-state index contributed by atoms with van der Waals surface area (Å²) in [6, 6.07) is 2.55. The van der Waals surface area contributed by atoms with Crippen molar-refractivity contribution < 1.29 is 0 Å². The van der Waals surface area contributed by atoms with Crippen molar-refractivity contribution in [3.8, 4) is 0 Å². The molecule has 0 aromatic carbocycles. The molecule has 4 heteroatoms. The van der Waals surface area contributed by atoms with Crippen molar-refractivity contribution in [3.05, 3.63) is 16.5 Å². The molecular weight excluding hydrogens is 218 g/mol. The first-order valence-electron chi connectivity index (χ1n) is 4.02. The molecule has 0 bridgehead atoms. The van der Waals surface area contributed by atoms with Crippen molar-refractivity contribution in [2.45, 2.75) is 25.8 Å². The minimum absolute atomic E-state index is 0.645. The molecule has 12 heavy (non-hydrogen) atoms. The van der Waals surface area contributed by atoms with Crippen molar-refractivity contribution in [1.29, 1.82) is 0 Å². The highest BCUT2D eigenvalue weighted by atomic mass is 79.9. The van der Waals surface area contributed by atoms with Gasteiger partial charge in [-0.15, -0.1) is 0 Å². The van der Waals surface area contributed by atoms with E-state index in [0.717, 1.165) is 16.2 Å². The third-order valence-electron chi connectivity index (χ3n) is 1.74. The molecule has 2 rings (SSSR count). The highest BCUT2D eigenvalue weighted by Gasteiger charge is 2.21. The minimum Gasteiger partial charge on any atom is -0.367 e. The molecular formula is C8H10BrN3. The van der Waals surface area contributed by atoms with Crippen molar-refractivity contribution in [1.82, 2.24) is 9.97 Å². The molecule has 0 radical (unpaired) electrons. The van der Waals surface area contributed by atoms with Gasteiger partial charge < -0.3 is 5.32 Å². The van der Waals surface area contributed by atoms with Crippen molar-refractivity contribution >= 4 is 21.7 Å². The zero-order valence-corrected chi connectivity index (χ0v) is 8.43. The second kappa shape index (κ2) is 3.01. The van der Waals surface area contributed by atoms with Gasteiger partial charge in [0.15, 0.2) is 0 Å². The molecule has 1 saturated carbocycles. The molecule has 1 aliphatic rings. The second-order valence-electron chi connectivity index (χ2n) is 3.04. The van der Waals surface area contributed by atoms with Crippen LogP contribution in [0.5, 0.6) is 0 Å². The van der Waals surface area contributed by atoms with Gasteiger partial charge >= 0.3 is 0 Å². The van der Waals surface area contributed by atoms with Crippen LogP contribution < -0.4 is 5.32 Å². The highest BCUT2D eigenvalue weighted by Crippen LogP contribution is 2.24. The summed E-state index contributed by atoms with van der Waals surface area (Å²) in [5, 5.41) is 3.32. The second-order valence-corrected chi connectivity index (χ2v) is 3.85. The predicted octanol–water partition coefficient (Wildman–Crippen LogP) is 2.12. The number of halogens is 1. The lowest BCUT2D eigenvalue weighted by Gasteiger charge is -2.03. The van der Waals surface area contributed by atoms with E-state index in [0.29, 0.717) is 6.04 Å². The van der Waals surface area contributed by atoms with Gasteiger partial charge in [-0.05, 0) is 35.7 Å². The van der Waals surface area contributed by atoms with Crippen LogP contribution in [0.2, 0.25) is 0 Å². The van der Waals surface area contributed by atoms with Gasteiger partial charge in [-0.2, -0.15) is 0 Å². The highest BCUT2D eigenvalue weighted by molar-refractivity contribution is 9.10. The van der Waals surface area contributed by atoms with Gasteiger partial charge in [0, 0.05) is 12.1 Å². The van der Waals surface area contributed by atoms with E-state index in [1.165, 1.54) is 12.8 Å². The van der Waals surface area contributed by atoms with Crippen LogP contribution in [-0.4, -0.2) is 16.0 Å². The van der Waals surface area contributed by atoms with Crippen LogP contribution in [0.25, 0.3) is 0 Å². The number of nitrogens with one attached hydrogen (secondary N) is 1. The predicted molar refractivity (Wildman–Crippen MR) is 51.1 cm³/mol. The summed E-state index contributed by atoms with van der Waals surface area (Å²) < 4.78 is 0.846. The van der Waals surface area contributed by atoms with Crippen LogP contribution in [0, 0.1) is 6.92 Å². The third-order valence-corrected chi connectivity index (χ3v) is 2.14. The van der Waals surface area contributed by atoms with Gasteiger partial charge in [0.1, 0.15) is 16.2 Å². The van der Waals surface area contributed by atoms with Crippen LogP contribution in [0.3, 0.4) is 0 Å². The van der Waals surface area contributed by atoms with Crippen LogP contribution in [0.15, 0.2) is 10.7 Å². The summed E-state index contributed by atoms with van der Waals surface area (Å²) in [4.78, 5) is 8.39. The first-order valence-corrected chi connectivity index (χ1v) is 4.81. The fourth-order valence-electron chi connectivity index (χ4n) is 1.04. The Morgan fingerprint density at radius 3 is 2.83 bits per heavy atom. The molecule has 0 unspecified atom stereocenters. The number of hydrogen-bond acceptors (Lipinski definition) is 3. The van der Waals surface area contributed by atoms with E-state index in [9.17, 15) is 0 Å². The van der Waals surface area contributed by atoms with E-state index in [-0.39, 0.29) is 0 Å². The van der Waals surface area contributed by atoms with Gasteiger partial charge in [-0.1, -0.05) is 0 Å². The van der Waals surface area contributed by atoms with Gasteiger partial charge in [0.05, 0.1) is 0 Å². The number of hydrogen-bond donors (Lipinski definition) is 1. The maximum absolute atomic E-state index is 4.26. The standard InChI is InChI=1S/C8H10BrN3/c1-5-10-7(9)4-8(11-5)12-6-2-3-6/h4,6H,2-3H2,1H3,(H,10,11,12).